The average Bonchev–Trinajstić information content (AvgIpc) is 2.87. The van der Waals surface area contributed by atoms with Gasteiger partial charge in [-0.2, -0.15) is 5.10 Å². The number of fused-ring (bicyclic) bond motifs is 2. The zero-order valence-electron chi connectivity index (χ0n) is 12.5. The first-order valence-electron chi connectivity index (χ1n) is 7.24. The molecular formula is C18H16N4. The van der Waals surface area contributed by atoms with Crippen molar-refractivity contribution in [3.05, 3.63) is 53.9 Å². The van der Waals surface area contributed by atoms with Crippen molar-refractivity contribution in [3.63, 3.8) is 0 Å². The maximum Gasteiger partial charge on any atom is 0.131 e. The maximum atomic E-state index is 6.08. The average molecular weight is 288 g/mol. The third-order valence-electron chi connectivity index (χ3n) is 4.10. The summed E-state index contributed by atoms with van der Waals surface area (Å²) in [5.41, 5.74) is 11.4. The fraction of sp³-hybridized carbons (Fsp3) is 0.111. The standard InChI is InChI=1S/C18H16N4/c1-10-8-16-13(4-3-5-14(16)18(19)20-10)12-6-7-17-15(9-12)11(2)21-22-17/h3-9H,1-2H3,(H2,19,20)(H,21,22). The van der Waals surface area contributed by atoms with E-state index in [0.717, 1.165) is 44.2 Å². The molecule has 2 aromatic heterocycles. The Kier molecular flexibility index (Phi) is 2.66. The molecule has 108 valence electrons. The zero-order chi connectivity index (χ0) is 15.3. The highest BCUT2D eigenvalue weighted by atomic mass is 15.1. The highest BCUT2D eigenvalue weighted by Crippen LogP contribution is 2.33. The van der Waals surface area contributed by atoms with E-state index in [1.807, 2.05) is 26.0 Å². The second-order valence-electron chi connectivity index (χ2n) is 5.62. The fourth-order valence-corrected chi connectivity index (χ4v) is 3.00. The molecule has 4 heteroatoms. The summed E-state index contributed by atoms with van der Waals surface area (Å²) >= 11 is 0. The minimum absolute atomic E-state index is 0.581. The molecule has 22 heavy (non-hydrogen) atoms. The van der Waals surface area contributed by atoms with Crippen LogP contribution in [0.3, 0.4) is 0 Å². The van der Waals surface area contributed by atoms with Gasteiger partial charge in [-0.25, -0.2) is 4.98 Å². The van der Waals surface area contributed by atoms with Crippen LogP contribution in [0.1, 0.15) is 11.4 Å². The number of hydrogen-bond donors (Lipinski definition) is 2. The third kappa shape index (κ3) is 1.84. The Bertz CT molecular complexity index is 1010. The van der Waals surface area contributed by atoms with Gasteiger partial charge in [-0.15, -0.1) is 0 Å². The molecule has 0 unspecified atom stereocenters. The Morgan fingerprint density at radius 1 is 0.955 bits per heavy atom. The van der Waals surface area contributed by atoms with Gasteiger partial charge in [0, 0.05) is 16.5 Å². The number of anilines is 1. The number of rotatable bonds is 1. The summed E-state index contributed by atoms with van der Waals surface area (Å²) in [5.74, 6) is 0.581. The van der Waals surface area contributed by atoms with Gasteiger partial charge in [0.05, 0.1) is 11.2 Å². The lowest BCUT2D eigenvalue weighted by Crippen LogP contribution is -1.95. The van der Waals surface area contributed by atoms with E-state index in [1.54, 1.807) is 0 Å². The predicted octanol–water partition coefficient (Wildman–Crippen LogP) is 3.98. The summed E-state index contributed by atoms with van der Waals surface area (Å²) < 4.78 is 0. The summed E-state index contributed by atoms with van der Waals surface area (Å²) in [7, 11) is 0. The van der Waals surface area contributed by atoms with Crippen LogP contribution in [0.25, 0.3) is 32.8 Å². The number of aromatic nitrogens is 3. The monoisotopic (exact) mass is 288 g/mol. The number of aromatic amines is 1. The second kappa shape index (κ2) is 4.56. The Morgan fingerprint density at radius 3 is 2.68 bits per heavy atom. The van der Waals surface area contributed by atoms with E-state index in [1.165, 1.54) is 0 Å². The van der Waals surface area contributed by atoms with Gasteiger partial charge in [0.1, 0.15) is 5.82 Å². The number of nitrogens with zero attached hydrogens (tertiary/aromatic N) is 2. The van der Waals surface area contributed by atoms with Gasteiger partial charge in [0.2, 0.25) is 0 Å². The summed E-state index contributed by atoms with van der Waals surface area (Å²) in [6.07, 6.45) is 0. The molecule has 4 aromatic rings. The van der Waals surface area contributed by atoms with Crippen molar-refractivity contribution in [3.8, 4) is 11.1 Å². The fourth-order valence-electron chi connectivity index (χ4n) is 3.00. The molecule has 0 fully saturated rings. The van der Waals surface area contributed by atoms with Gasteiger partial charge in [0.15, 0.2) is 0 Å². The van der Waals surface area contributed by atoms with Crippen molar-refractivity contribution >= 4 is 27.5 Å². The molecule has 0 aliphatic carbocycles. The Balaban J connectivity index is 2.05. The topological polar surface area (TPSA) is 67.6 Å². The van der Waals surface area contributed by atoms with Crippen LogP contribution in [0.15, 0.2) is 42.5 Å². The van der Waals surface area contributed by atoms with Crippen LogP contribution in [-0.2, 0) is 0 Å². The summed E-state index contributed by atoms with van der Waals surface area (Å²) in [5, 5.41) is 10.6. The number of nitrogen functional groups attached to an aromatic ring is 1. The molecule has 4 nitrogen and oxygen atoms in total. The first-order chi connectivity index (χ1) is 10.6. The summed E-state index contributed by atoms with van der Waals surface area (Å²) in [6, 6.07) is 14.6. The van der Waals surface area contributed by atoms with E-state index < -0.39 is 0 Å². The molecule has 2 heterocycles. The lowest BCUT2D eigenvalue weighted by molar-refractivity contribution is 1.07. The number of H-pyrrole nitrogens is 1. The number of nitrogens with one attached hydrogen (secondary N) is 1. The van der Waals surface area contributed by atoms with Crippen molar-refractivity contribution in [1.82, 2.24) is 15.2 Å². The molecule has 0 amide bonds. The van der Waals surface area contributed by atoms with Crippen LogP contribution in [0.5, 0.6) is 0 Å². The second-order valence-corrected chi connectivity index (χ2v) is 5.62. The van der Waals surface area contributed by atoms with Crippen LogP contribution in [0.2, 0.25) is 0 Å². The van der Waals surface area contributed by atoms with Crippen molar-refractivity contribution < 1.29 is 0 Å². The minimum Gasteiger partial charge on any atom is -0.383 e. The molecule has 3 N–H and O–H groups in total. The Hall–Kier alpha value is -2.88. The van der Waals surface area contributed by atoms with Crippen LogP contribution in [0, 0.1) is 13.8 Å². The molecule has 0 saturated carbocycles. The first kappa shape index (κ1) is 12.8. The van der Waals surface area contributed by atoms with Crippen LogP contribution in [0.4, 0.5) is 5.82 Å². The van der Waals surface area contributed by atoms with E-state index in [2.05, 4.69) is 45.5 Å². The molecule has 4 rings (SSSR count). The van der Waals surface area contributed by atoms with Crippen molar-refractivity contribution in [2.75, 3.05) is 5.73 Å². The van der Waals surface area contributed by atoms with Gasteiger partial charge >= 0.3 is 0 Å². The number of nitrogens with two attached hydrogens (primary N) is 1. The van der Waals surface area contributed by atoms with Gasteiger partial charge in [-0.1, -0.05) is 24.3 Å². The quantitative estimate of drug-likeness (QED) is 0.556. The number of hydrogen-bond acceptors (Lipinski definition) is 3. The number of pyridine rings is 1. The number of aryl methyl sites for hydroxylation is 2. The van der Waals surface area contributed by atoms with Crippen LogP contribution >= 0.6 is 0 Å². The van der Waals surface area contributed by atoms with Gasteiger partial charge in [-0.05, 0) is 48.6 Å². The maximum absolute atomic E-state index is 6.08. The Morgan fingerprint density at radius 2 is 1.82 bits per heavy atom. The summed E-state index contributed by atoms with van der Waals surface area (Å²) in [4.78, 5) is 4.36. The van der Waals surface area contributed by atoms with Crippen molar-refractivity contribution in [1.29, 1.82) is 0 Å². The number of benzene rings is 2. The largest absolute Gasteiger partial charge is 0.383 e. The molecule has 0 spiro atoms. The molecule has 2 aromatic carbocycles. The highest BCUT2D eigenvalue weighted by molar-refractivity contribution is 6.02. The molecule has 0 aliphatic rings. The normalized spacial score (nSPS) is 11.4. The smallest absolute Gasteiger partial charge is 0.131 e. The molecular weight excluding hydrogens is 272 g/mol. The van der Waals surface area contributed by atoms with Crippen molar-refractivity contribution in [2.24, 2.45) is 0 Å². The van der Waals surface area contributed by atoms with Gasteiger partial charge in [-0.3, -0.25) is 5.10 Å². The molecule has 0 atom stereocenters. The predicted molar refractivity (Wildman–Crippen MR) is 90.7 cm³/mol. The van der Waals surface area contributed by atoms with Crippen molar-refractivity contribution in [2.45, 2.75) is 13.8 Å². The molecule has 0 saturated heterocycles. The Labute approximate surface area is 128 Å². The third-order valence-corrected chi connectivity index (χ3v) is 4.10. The highest BCUT2D eigenvalue weighted by Gasteiger charge is 2.09. The van der Waals surface area contributed by atoms with E-state index in [4.69, 9.17) is 5.73 Å². The first-order valence-corrected chi connectivity index (χ1v) is 7.24. The molecule has 0 bridgehead atoms. The van der Waals surface area contributed by atoms with E-state index in [-0.39, 0.29) is 0 Å². The van der Waals surface area contributed by atoms with Crippen LogP contribution in [-0.4, -0.2) is 15.2 Å². The zero-order valence-corrected chi connectivity index (χ0v) is 12.5. The SMILES string of the molecule is Cc1cc2c(-c3ccc4[nH]nc(C)c4c3)cccc2c(N)n1. The summed E-state index contributed by atoms with van der Waals surface area (Å²) in [6.45, 7) is 3.98. The van der Waals surface area contributed by atoms with Crippen LogP contribution < -0.4 is 5.73 Å². The van der Waals surface area contributed by atoms with E-state index in [9.17, 15) is 0 Å². The van der Waals surface area contributed by atoms with E-state index >= 15 is 0 Å². The lowest BCUT2D eigenvalue weighted by atomic mass is 9.97. The molecule has 0 aliphatic heterocycles. The van der Waals surface area contributed by atoms with Gasteiger partial charge in [0.25, 0.3) is 0 Å². The minimum atomic E-state index is 0.581. The van der Waals surface area contributed by atoms with E-state index in [0.29, 0.717) is 5.82 Å². The molecule has 0 radical (unpaired) electrons. The lowest BCUT2D eigenvalue weighted by Gasteiger charge is -2.10. The van der Waals surface area contributed by atoms with Gasteiger partial charge < -0.3 is 5.73 Å².